The number of aryl methyl sites for hydroxylation is 4. The van der Waals surface area contributed by atoms with E-state index in [2.05, 4.69) is 216 Å². The van der Waals surface area contributed by atoms with Gasteiger partial charge in [-0.2, -0.15) is 0 Å². The molecule has 0 spiro atoms. The normalized spacial score (nSPS) is 16.8. The number of allylic oxidation sites excluding steroid dienone is 2. The Morgan fingerprint density at radius 1 is 0.485 bits per heavy atom. The van der Waals surface area contributed by atoms with Gasteiger partial charge in [-0.3, -0.25) is 0 Å². The SMILES string of the molecule is CCc1ccc2c(c1-c1cc([Si](C)(C)C)cc([Si](C)(C)C)c1)C=C(c1ccc(C)o1)[CH]2[Zr]([Cl])([Cl])([CH]1C(c2ccc(C)o2)=Cc2c1ccc(CC)c2-c1cc([Si](C)(C)C)cc([Si](C)(C)C)c1)=[Si](C)C. The second-order valence-corrected chi connectivity index (χ2v) is 83.6. The predicted molar refractivity (Wildman–Crippen MR) is 312 cm³/mol. The molecular formula is C58H76Cl2O2Si5Zr. The molecule has 2 aliphatic rings. The molecule has 68 heavy (non-hydrogen) atoms. The summed E-state index contributed by atoms with van der Waals surface area (Å²) in [6.45, 7) is 43.3. The number of hydrogen-bond donors (Lipinski definition) is 0. The van der Waals surface area contributed by atoms with E-state index >= 15 is 0 Å². The summed E-state index contributed by atoms with van der Waals surface area (Å²) in [6.07, 6.45) is 6.77. The molecule has 4 aromatic carbocycles. The summed E-state index contributed by atoms with van der Waals surface area (Å²) in [5.74, 6) is 3.52. The van der Waals surface area contributed by atoms with Crippen molar-refractivity contribution in [2.24, 2.45) is 0 Å². The van der Waals surface area contributed by atoms with Crippen molar-refractivity contribution in [3.05, 3.63) is 141 Å². The molecule has 6 aromatic rings. The average molecular weight is 1110 g/mol. The van der Waals surface area contributed by atoms with Crippen molar-refractivity contribution in [3.8, 4) is 22.3 Å². The summed E-state index contributed by atoms with van der Waals surface area (Å²) >= 11 is -5.53. The van der Waals surface area contributed by atoms with Crippen LogP contribution in [0.15, 0.2) is 93.8 Å². The number of benzene rings is 4. The molecule has 0 saturated carbocycles. The minimum absolute atomic E-state index is 0.232. The van der Waals surface area contributed by atoms with Crippen molar-refractivity contribution in [1.82, 2.24) is 0 Å². The molecule has 0 bridgehead atoms. The summed E-state index contributed by atoms with van der Waals surface area (Å²) in [7, 11) is 11.8. The van der Waals surface area contributed by atoms with Crippen LogP contribution in [0.25, 0.3) is 45.6 Å². The predicted octanol–water partition coefficient (Wildman–Crippen LogP) is 16.3. The second kappa shape index (κ2) is 17.9. The Labute approximate surface area is 421 Å². The fraction of sp³-hybridized carbons (Fsp3) is 0.379. The van der Waals surface area contributed by atoms with Crippen LogP contribution in [0.5, 0.6) is 0 Å². The summed E-state index contributed by atoms with van der Waals surface area (Å²) < 4.78 is 13.0. The molecule has 2 atom stereocenters. The van der Waals surface area contributed by atoms with E-state index in [0.29, 0.717) is 0 Å². The van der Waals surface area contributed by atoms with Gasteiger partial charge < -0.3 is 0 Å². The van der Waals surface area contributed by atoms with Crippen molar-refractivity contribution >= 4 is 98.8 Å². The maximum absolute atomic E-state index is 9.26. The maximum atomic E-state index is 9.26. The quantitative estimate of drug-likeness (QED) is 0.114. The van der Waals surface area contributed by atoms with Crippen molar-refractivity contribution in [2.45, 2.75) is 139 Å². The van der Waals surface area contributed by atoms with Gasteiger partial charge in [0.15, 0.2) is 0 Å². The van der Waals surface area contributed by atoms with E-state index in [1.165, 1.54) is 76.4 Å². The van der Waals surface area contributed by atoms with Crippen LogP contribution in [0.2, 0.25) is 91.7 Å². The number of fused-ring (bicyclic) bond motifs is 2. The van der Waals surface area contributed by atoms with E-state index in [4.69, 9.17) is 8.83 Å². The third-order valence-electron chi connectivity index (χ3n) is 15.3. The van der Waals surface area contributed by atoms with Crippen LogP contribution < -0.4 is 20.7 Å². The van der Waals surface area contributed by atoms with Gasteiger partial charge in [0, 0.05) is 0 Å². The molecule has 2 heterocycles. The average Bonchev–Trinajstić information content (AvgIpc) is 4.06. The van der Waals surface area contributed by atoms with Crippen molar-refractivity contribution in [1.29, 1.82) is 0 Å². The number of rotatable bonds is 12. The Hall–Kier alpha value is -2.53. The first-order valence-corrected chi connectivity index (χ1v) is 54.4. The zero-order chi connectivity index (χ0) is 49.9. The molecule has 0 aliphatic heterocycles. The van der Waals surface area contributed by atoms with Crippen LogP contribution >= 0.6 is 17.0 Å². The molecule has 0 radical (unpaired) electrons. The minimum atomic E-state index is -5.53. The van der Waals surface area contributed by atoms with E-state index in [1.807, 2.05) is 0 Å². The van der Waals surface area contributed by atoms with Crippen LogP contribution in [-0.4, -0.2) is 37.7 Å². The van der Waals surface area contributed by atoms with Crippen LogP contribution in [0, 0.1) is 13.8 Å². The van der Waals surface area contributed by atoms with E-state index < -0.39 is 52.7 Å². The first kappa shape index (κ1) is 51.8. The van der Waals surface area contributed by atoms with Crippen molar-refractivity contribution < 1.29 is 23.8 Å². The molecule has 8 rings (SSSR count). The summed E-state index contributed by atoms with van der Waals surface area (Å²) in [5.41, 5.74) is 13.9. The molecule has 2 unspecified atom stereocenters. The van der Waals surface area contributed by atoms with Gasteiger partial charge in [-0.15, -0.1) is 0 Å². The molecule has 2 aromatic heterocycles. The molecule has 0 saturated heterocycles. The molecule has 10 heteroatoms. The topological polar surface area (TPSA) is 26.3 Å². The standard InChI is InChI=1S/2C28H35OSi2.C2H6Si.2ClH.Zr/c2*1-9-20-11-12-21-14-22(27-13-10-19(2)29-27)17-26(21)28(20)23-15-24(30(3,4)5)18-25(16-23)31(6,7)8;1-3-2;;;/h2*10-18H,9H2,1-8H3;1-2H3;2*1H;/q;;;;;+2/p-2. The summed E-state index contributed by atoms with van der Waals surface area (Å²) in [5, 5.41) is 6.06. The molecule has 0 fully saturated rings. The molecule has 358 valence electrons. The van der Waals surface area contributed by atoms with E-state index in [9.17, 15) is 17.0 Å². The van der Waals surface area contributed by atoms with Crippen molar-refractivity contribution in [2.75, 3.05) is 0 Å². The van der Waals surface area contributed by atoms with Crippen LogP contribution in [-0.2, 0) is 27.9 Å². The molecule has 0 amide bonds. The monoisotopic (exact) mass is 1100 g/mol. The first-order valence-electron chi connectivity index (χ1n) is 25.1. The van der Waals surface area contributed by atoms with E-state index in [0.717, 1.165) is 47.0 Å². The Bertz CT molecular complexity index is 2880. The number of hydrogen-bond acceptors (Lipinski definition) is 2. The van der Waals surface area contributed by atoms with E-state index in [1.54, 1.807) is 0 Å². The van der Waals surface area contributed by atoms with Gasteiger partial charge in [-0.1, -0.05) is 0 Å². The zero-order valence-electron chi connectivity index (χ0n) is 44.4. The third kappa shape index (κ3) is 9.05. The Kier molecular flexibility index (Phi) is 13.6. The first-order chi connectivity index (χ1) is 31.5. The Balaban J connectivity index is 1.49. The van der Waals surface area contributed by atoms with Gasteiger partial charge >= 0.3 is 426 Å². The van der Waals surface area contributed by atoms with Crippen LogP contribution in [0.1, 0.15) is 77.5 Å². The van der Waals surface area contributed by atoms with Crippen molar-refractivity contribution in [3.63, 3.8) is 0 Å². The fourth-order valence-electron chi connectivity index (χ4n) is 11.0. The van der Waals surface area contributed by atoms with Gasteiger partial charge in [0.05, 0.1) is 0 Å². The van der Waals surface area contributed by atoms with E-state index in [-0.39, 0.29) is 7.25 Å². The second-order valence-electron chi connectivity index (χ2n) is 24.5. The zero-order valence-corrected chi connectivity index (χ0v) is 53.3. The third-order valence-corrected chi connectivity index (χ3v) is 69.6. The summed E-state index contributed by atoms with van der Waals surface area (Å²) in [6, 6.07) is 33.4. The molecule has 0 N–H and O–H groups in total. The van der Waals surface area contributed by atoms with Crippen LogP contribution in [0.3, 0.4) is 0 Å². The molecule has 2 nitrogen and oxygen atoms in total. The van der Waals surface area contributed by atoms with Gasteiger partial charge in [0.2, 0.25) is 0 Å². The molecular weight excluding hydrogens is 1030 g/mol. The van der Waals surface area contributed by atoms with Gasteiger partial charge in [0.1, 0.15) is 0 Å². The summed E-state index contributed by atoms with van der Waals surface area (Å²) in [4.78, 5) is 0. The molecule has 2 aliphatic carbocycles. The number of halogens is 2. The Morgan fingerprint density at radius 3 is 1.06 bits per heavy atom. The Morgan fingerprint density at radius 2 is 0.809 bits per heavy atom. The van der Waals surface area contributed by atoms with Gasteiger partial charge in [0.25, 0.3) is 0 Å². The van der Waals surface area contributed by atoms with Crippen LogP contribution in [0.4, 0.5) is 0 Å². The van der Waals surface area contributed by atoms with Gasteiger partial charge in [-0.05, 0) is 0 Å². The fourth-order valence-corrected chi connectivity index (χ4v) is 43.7. The van der Waals surface area contributed by atoms with Gasteiger partial charge in [-0.25, -0.2) is 0 Å². The number of furan rings is 2.